The molecule has 0 atom stereocenters. The van der Waals surface area contributed by atoms with Crippen molar-refractivity contribution in [2.75, 3.05) is 32.6 Å². The van der Waals surface area contributed by atoms with E-state index in [4.69, 9.17) is 4.74 Å². The standard InChI is InChI=1S/C13H29NO3S/c1-12(2)11-18(15,16)14(9-10-17-6)8-7-13(3,4)5/h12H,7-11H2,1-6H3. The van der Waals surface area contributed by atoms with Gasteiger partial charge in [-0.2, -0.15) is 4.31 Å². The minimum absolute atomic E-state index is 0.138. The van der Waals surface area contributed by atoms with E-state index in [-0.39, 0.29) is 17.1 Å². The zero-order chi connectivity index (χ0) is 14.4. The van der Waals surface area contributed by atoms with Crippen LogP contribution in [0.2, 0.25) is 0 Å². The summed E-state index contributed by atoms with van der Waals surface area (Å²) < 4.78 is 31.0. The monoisotopic (exact) mass is 279 g/mol. The van der Waals surface area contributed by atoms with Gasteiger partial charge in [0.2, 0.25) is 10.0 Å². The van der Waals surface area contributed by atoms with E-state index in [9.17, 15) is 8.42 Å². The molecule has 0 rings (SSSR count). The highest BCUT2D eigenvalue weighted by Gasteiger charge is 2.24. The van der Waals surface area contributed by atoms with Crippen molar-refractivity contribution >= 4 is 10.0 Å². The van der Waals surface area contributed by atoms with Crippen LogP contribution in [0.15, 0.2) is 0 Å². The van der Waals surface area contributed by atoms with Gasteiger partial charge in [0.25, 0.3) is 0 Å². The number of hydrogen-bond donors (Lipinski definition) is 0. The largest absolute Gasteiger partial charge is 0.383 e. The highest BCUT2D eigenvalue weighted by Crippen LogP contribution is 2.20. The lowest BCUT2D eigenvalue weighted by Gasteiger charge is -2.26. The molecule has 0 saturated heterocycles. The van der Waals surface area contributed by atoms with Crippen LogP contribution in [0.3, 0.4) is 0 Å². The summed E-state index contributed by atoms with van der Waals surface area (Å²) >= 11 is 0. The second kappa shape index (κ2) is 7.46. The van der Waals surface area contributed by atoms with Gasteiger partial charge in [-0.25, -0.2) is 8.42 Å². The normalized spacial score (nSPS) is 13.6. The molecular formula is C13H29NO3S. The summed E-state index contributed by atoms with van der Waals surface area (Å²) in [6.07, 6.45) is 0.855. The SMILES string of the molecule is COCCN(CCC(C)(C)C)S(=O)(=O)CC(C)C. The lowest BCUT2D eigenvalue weighted by atomic mass is 9.92. The van der Waals surface area contributed by atoms with Crippen molar-refractivity contribution in [3.05, 3.63) is 0 Å². The van der Waals surface area contributed by atoms with Crippen LogP contribution in [0.5, 0.6) is 0 Å². The summed E-state index contributed by atoms with van der Waals surface area (Å²) in [6.45, 7) is 11.7. The molecule has 5 heteroatoms. The van der Waals surface area contributed by atoms with Crippen LogP contribution in [-0.2, 0) is 14.8 Å². The Hall–Kier alpha value is -0.130. The van der Waals surface area contributed by atoms with Crippen LogP contribution in [0.4, 0.5) is 0 Å². The summed E-state index contributed by atoms with van der Waals surface area (Å²) in [5.74, 6) is 0.357. The Bertz CT molecular complexity index is 318. The Morgan fingerprint density at radius 1 is 1.17 bits per heavy atom. The first-order valence-corrected chi connectivity index (χ1v) is 8.16. The summed E-state index contributed by atoms with van der Waals surface area (Å²) in [6, 6.07) is 0. The molecule has 0 heterocycles. The smallest absolute Gasteiger partial charge is 0.214 e. The number of methoxy groups -OCH3 is 1. The Morgan fingerprint density at radius 3 is 2.11 bits per heavy atom. The van der Waals surface area contributed by atoms with Crippen molar-refractivity contribution in [2.24, 2.45) is 11.3 Å². The first kappa shape index (κ1) is 17.9. The quantitative estimate of drug-likeness (QED) is 0.685. The average molecular weight is 279 g/mol. The van der Waals surface area contributed by atoms with Crippen LogP contribution in [0.1, 0.15) is 41.0 Å². The highest BCUT2D eigenvalue weighted by atomic mass is 32.2. The first-order valence-electron chi connectivity index (χ1n) is 6.55. The molecule has 4 nitrogen and oxygen atoms in total. The predicted molar refractivity (Wildman–Crippen MR) is 76.1 cm³/mol. The molecule has 0 radical (unpaired) electrons. The van der Waals surface area contributed by atoms with E-state index in [1.54, 1.807) is 11.4 Å². The molecule has 0 aromatic rings. The predicted octanol–water partition coefficient (Wildman–Crippen LogP) is 2.36. The molecule has 18 heavy (non-hydrogen) atoms. The summed E-state index contributed by atoms with van der Waals surface area (Å²) in [5, 5.41) is 0. The van der Waals surface area contributed by atoms with E-state index in [2.05, 4.69) is 20.8 Å². The van der Waals surface area contributed by atoms with E-state index < -0.39 is 10.0 Å². The molecule has 0 spiro atoms. The van der Waals surface area contributed by atoms with Gasteiger partial charge in [-0.1, -0.05) is 34.6 Å². The topological polar surface area (TPSA) is 46.6 Å². The van der Waals surface area contributed by atoms with Gasteiger partial charge in [0, 0.05) is 20.2 Å². The number of sulfonamides is 1. The molecule has 0 aromatic carbocycles. The van der Waals surface area contributed by atoms with Crippen LogP contribution >= 0.6 is 0 Å². The second-order valence-corrected chi connectivity index (χ2v) is 8.39. The van der Waals surface area contributed by atoms with E-state index in [1.807, 2.05) is 13.8 Å². The summed E-state index contributed by atoms with van der Waals surface area (Å²) in [4.78, 5) is 0. The Morgan fingerprint density at radius 2 is 1.72 bits per heavy atom. The van der Waals surface area contributed by atoms with Crippen LogP contribution in [0, 0.1) is 11.3 Å². The molecule has 0 aliphatic rings. The minimum atomic E-state index is -3.16. The first-order chi connectivity index (χ1) is 8.08. The van der Waals surface area contributed by atoms with Crippen molar-refractivity contribution in [1.29, 1.82) is 0 Å². The van der Waals surface area contributed by atoms with Gasteiger partial charge < -0.3 is 4.74 Å². The lowest BCUT2D eigenvalue weighted by molar-refractivity contribution is 0.174. The molecule has 0 unspecified atom stereocenters. The minimum Gasteiger partial charge on any atom is -0.383 e. The Labute approximate surface area is 113 Å². The lowest BCUT2D eigenvalue weighted by Crippen LogP contribution is -2.38. The van der Waals surface area contributed by atoms with Gasteiger partial charge >= 0.3 is 0 Å². The van der Waals surface area contributed by atoms with E-state index in [1.165, 1.54) is 0 Å². The second-order valence-electron chi connectivity index (χ2n) is 6.37. The highest BCUT2D eigenvalue weighted by molar-refractivity contribution is 7.89. The number of nitrogens with zero attached hydrogens (tertiary/aromatic N) is 1. The van der Waals surface area contributed by atoms with Crippen LogP contribution < -0.4 is 0 Å². The van der Waals surface area contributed by atoms with Crippen molar-refractivity contribution in [2.45, 2.75) is 41.0 Å². The molecular weight excluding hydrogens is 250 g/mol. The van der Waals surface area contributed by atoms with E-state index in [0.717, 1.165) is 6.42 Å². The van der Waals surface area contributed by atoms with Crippen molar-refractivity contribution < 1.29 is 13.2 Å². The number of ether oxygens (including phenoxy) is 1. The molecule has 0 fully saturated rings. The maximum absolute atomic E-state index is 12.2. The Kier molecular flexibility index (Phi) is 7.40. The van der Waals surface area contributed by atoms with Crippen molar-refractivity contribution in [1.82, 2.24) is 4.31 Å². The fourth-order valence-electron chi connectivity index (χ4n) is 1.57. The molecule has 0 bridgehead atoms. The number of rotatable bonds is 8. The van der Waals surface area contributed by atoms with Crippen molar-refractivity contribution in [3.8, 4) is 0 Å². The molecule has 0 saturated carbocycles. The fourth-order valence-corrected chi connectivity index (χ4v) is 3.35. The van der Waals surface area contributed by atoms with Crippen molar-refractivity contribution in [3.63, 3.8) is 0 Å². The molecule has 0 aromatic heterocycles. The van der Waals surface area contributed by atoms with Gasteiger partial charge in [-0.15, -0.1) is 0 Å². The maximum atomic E-state index is 12.2. The van der Waals surface area contributed by atoms with Gasteiger partial charge in [0.05, 0.1) is 12.4 Å². The fraction of sp³-hybridized carbons (Fsp3) is 1.00. The Balaban J connectivity index is 4.66. The molecule has 0 aliphatic heterocycles. The number of hydrogen-bond acceptors (Lipinski definition) is 3. The zero-order valence-electron chi connectivity index (χ0n) is 12.7. The van der Waals surface area contributed by atoms with Gasteiger partial charge in [-0.05, 0) is 17.8 Å². The maximum Gasteiger partial charge on any atom is 0.214 e. The zero-order valence-corrected chi connectivity index (χ0v) is 13.5. The van der Waals surface area contributed by atoms with E-state index >= 15 is 0 Å². The third-order valence-corrected chi connectivity index (χ3v) is 4.83. The average Bonchev–Trinajstić information content (AvgIpc) is 2.13. The summed E-state index contributed by atoms with van der Waals surface area (Å²) in [5.41, 5.74) is 0.138. The van der Waals surface area contributed by atoms with Crippen LogP contribution in [-0.4, -0.2) is 45.3 Å². The molecule has 0 N–H and O–H groups in total. The van der Waals surface area contributed by atoms with E-state index in [0.29, 0.717) is 19.7 Å². The molecule has 0 amide bonds. The van der Waals surface area contributed by atoms with Crippen LogP contribution in [0.25, 0.3) is 0 Å². The van der Waals surface area contributed by atoms with Gasteiger partial charge in [0.1, 0.15) is 0 Å². The molecule has 0 aliphatic carbocycles. The van der Waals surface area contributed by atoms with Gasteiger partial charge in [0.15, 0.2) is 0 Å². The third-order valence-electron chi connectivity index (χ3n) is 2.59. The third kappa shape index (κ3) is 8.06. The van der Waals surface area contributed by atoms with Gasteiger partial charge in [-0.3, -0.25) is 0 Å². The molecule has 110 valence electrons. The summed E-state index contributed by atoms with van der Waals surface area (Å²) in [7, 11) is -1.57.